The molecule has 1 saturated heterocycles. The molecule has 2 aliphatic heterocycles. The van der Waals surface area contributed by atoms with E-state index in [0.717, 1.165) is 39.1 Å². The standard InChI is InChI=1S/C11H17N3O/c1-2-10-9-5-14(8-6-15-7-8)4-3-11(9)13-12-10/h8H,2-7H2,1H3,(H,12,13). The Labute approximate surface area is 89.6 Å². The lowest BCUT2D eigenvalue weighted by molar-refractivity contribution is -0.0696. The molecule has 1 aromatic rings. The summed E-state index contributed by atoms with van der Waals surface area (Å²) in [5, 5.41) is 7.54. The van der Waals surface area contributed by atoms with E-state index in [1.54, 1.807) is 0 Å². The second-order valence-electron chi connectivity index (χ2n) is 4.39. The lowest BCUT2D eigenvalue weighted by Crippen LogP contribution is -2.50. The van der Waals surface area contributed by atoms with Crippen LogP contribution in [0.5, 0.6) is 0 Å². The van der Waals surface area contributed by atoms with E-state index in [2.05, 4.69) is 22.0 Å². The third-order valence-corrected chi connectivity index (χ3v) is 3.52. The summed E-state index contributed by atoms with van der Waals surface area (Å²) in [6.45, 7) is 6.19. The average Bonchev–Trinajstić information content (AvgIpc) is 2.57. The summed E-state index contributed by atoms with van der Waals surface area (Å²) in [7, 11) is 0. The second kappa shape index (κ2) is 3.61. The third-order valence-electron chi connectivity index (χ3n) is 3.52. The minimum Gasteiger partial charge on any atom is -0.378 e. The number of ether oxygens (including phenoxy) is 1. The summed E-state index contributed by atoms with van der Waals surface area (Å²) in [6, 6.07) is 0.651. The van der Waals surface area contributed by atoms with E-state index in [1.807, 2.05) is 0 Å². The van der Waals surface area contributed by atoms with E-state index in [-0.39, 0.29) is 0 Å². The van der Waals surface area contributed by atoms with Gasteiger partial charge in [-0.05, 0) is 6.42 Å². The Hall–Kier alpha value is -0.870. The molecule has 0 aromatic carbocycles. The number of H-pyrrole nitrogens is 1. The molecule has 0 aliphatic carbocycles. The van der Waals surface area contributed by atoms with Crippen molar-refractivity contribution >= 4 is 0 Å². The molecule has 3 rings (SSSR count). The molecule has 0 bridgehead atoms. The molecule has 1 N–H and O–H groups in total. The zero-order chi connectivity index (χ0) is 10.3. The summed E-state index contributed by atoms with van der Waals surface area (Å²) >= 11 is 0. The van der Waals surface area contributed by atoms with Crippen LogP contribution in [0.15, 0.2) is 0 Å². The minimum absolute atomic E-state index is 0.651. The molecule has 1 fully saturated rings. The van der Waals surface area contributed by atoms with Crippen LogP contribution in [0.2, 0.25) is 0 Å². The van der Waals surface area contributed by atoms with Crippen molar-refractivity contribution in [1.29, 1.82) is 0 Å². The predicted octanol–water partition coefficient (Wildman–Crippen LogP) is 0.729. The van der Waals surface area contributed by atoms with Gasteiger partial charge in [-0.2, -0.15) is 5.10 Å². The number of hydrogen-bond acceptors (Lipinski definition) is 3. The Morgan fingerprint density at radius 2 is 2.40 bits per heavy atom. The highest BCUT2D eigenvalue weighted by atomic mass is 16.5. The van der Waals surface area contributed by atoms with Crippen LogP contribution in [0.3, 0.4) is 0 Å². The number of aryl methyl sites for hydroxylation is 1. The molecular formula is C11H17N3O. The zero-order valence-corrected chi connectivity index (χ0v) is 9.12. The maximum atomic E-state index is 5.25. The van der Waals surface area contributed by atoms with Crippen LogP contribution in [-0.2, 0) is 24.1 Å². The zero-order valence-electron chi connectivity index (χ0n) is 9.12. The fourth-order valence-corrected chi connectivity index (χ4v) is 2.41. The van der Waals surface area contributed by atoms with Crippen molar-refractivity contribution in [3.05, 3.63) is 17.0 Å². The van der Waals surface area contributed by atoms with E-state index >= 15 is 0 Å². The van der Waals surface area contributed by atoms with Crippen molar-refractivity contribution < 1.29 is 4.74 Å². The molecule has 15 heavy (non-hydrogen) atoms. The first-order valence-corrected chi connectivity index (χ1v) is 5.75. The molecule has 4 nitrogen and oxygen atoms in total. The number of rotatable bonds is 2. The van der Waals surface area contributed by atoms with Gasteiger partial charge in [-0.3, -0.25) is 10.00 Å². The molecular weight excluding hydrogens is 190 g/mol. The van der Waals surface area contributed by atoms with Gasteiger partial charge in [0.15, 0.2) is 0 Å². The molecule has 4 heteroatoms. The normalized spacial score (nSPS) is 22.5. The third kappa shape index (κ3) is 1.48. The summed E-state index contributed by atoms with van der Waals surface area (Å²) in [6.07, 6.45) is 2.14. The van der Waals surface area contributed by atoms with Crippen molar-refractivity contribution in [2.75, 3.05) is 19.8 Å². The number of fused-ring (bicyclic) bond motifs is 1. The first kappa shape index (κ1) is 9.36. The topological polar surface area (TPSA) is 41.2 Å². The Kier molecular flexibility index (Phi) is 2.25. The molecule has 0 spiro atoms. The van der Waals surface area contributed by atoms with Crippen LogP contribution < -0.4 is 0 Å². The highest BCUT2D eigenvalue weighted by molar-refractivity contribution is 5.27. The Bertz CT molecular complexity index is 343. The van der Waals surface area contributed by atoms with E-state index < -0.39 is 0 Å². The Balaban J connectivity index is 1.80. The van der Waals surface area contributed by atoms with Crippen LogP contribution in [-0.4, -0.2) is 40.9 Å². The summed E-state index contributed by atoms with van der Waals surface area (Å²) in [5.74, 6) is 0. The smallest absolute Gasteiger partial charge is 0.0667 e. The van der Waals surface area contributed by atoms with Gasteiger partial charge in [-0.1, -0.05) is 6.92 Å². The summed E-state index contributed by atoms with van der Waals surface area (Å²) < 4.78 is 5.25. The lowest BCUT2D eigenvalue weighted by Gasteiger charge is -2.39. The molecule has 3 heterocycles. The van der Waals surface area contributed by atoms with Crippen LogP contribution in [0.1, 0.15) is 23.9 Å². The van der Waals surface area contributed by atoms with E-state index in [4.69, 9.17) is 4.74 Å². The van der Waals surface area contributed by atoms with E-state index in [0.29, 0.717) is 6.04 Å². The van der Waals surface area contributed by atoms with Crippen LogP contribution >= 0.6 is 0 Å². The molecule has 2 aliphatic rings. The largest absolute Gasteiger partial charge is 0.378 e. The number of aromatic nitrogens is 2. The van der Waals surface area contributed by atoms with Gasteiger partial charge in [0.05, 0.1) is 24.9 Å². The van der Waals surface area contributed by atoms with Crippen LogP contribution in [0.4, 0.5) is 0 Å². The molecule has 1 aromatic heterocycles. The number of nitrogens with zero attached hydrogens (tertiary/aromatic N) is 2. The van der Waals surface area contributed by atoms with Gasteiger partial charge < -0.3 is 4.74 Å². The average molecular weight is 207 g/mol. The first-order chi connectivity index (χ1) is 7.38. The molecule has 0 atom stereocenters. The maximum Gasteiger partial charge on any atom is 0.0667 e. The van der Waals surface area contributed by atoms with Gasteiger partial charge in [0.2, 0.25) is 0 Å². The van der Waals surface area contributed by atoms with Gasteiger partial charge in [0.1, 0.15) is 0 Å². The van der Waals surface area contributed by atoms with Crippen molar-refractivity contribution in [3.8, 4) is 0 Å². The SMILES string of the molecule is CCc1n[nH]c2c1CN(C1COC1)CC2. The molecule has 82 valence electrons. The molecule has 0 saturated carbocycles. The molecule has 0 amide bonds. The first-order valence-electron chi connectivity index (χ1n) is 5.75. The van der Waals surface area contributed by atoms with Gasteiger partial charge in [0.25, 0.3) is 0 Å². The minimum atomic E-state index is 0.651. The molecule has 0 radical (unpaired) electrons. The Morgan fingerprint density at radius 1 is 1.53 bits per heavy atom. The maximum absolute atomic E-state index is 5.25. The highest BCUT2D eigenvalue weighted by Gasteiger charge is 2.30. The monoisotopic (exact) mass is 207 g/mol. The second-order valence-corrected chi connectivity index (χ2v) is 4.39. The van der Waals surface area contributed by atoms with Crippen LogP contribution in [0.25, 0.3) is 0 Å². The van der Waals surface area contributed by atoms with E-state index in [9.17, 15) is 0 Å². The lowest BCUT2D eigenvalue weighted by atomic mass is 10.0. The fraction of sp³-hybridized carbons (Fsp3) is 0.727. The van der Waals surface area contributed by atoms with Crippen LogP contribution in [0, 0.1) is 0 Å². The summed E-state index contributed by atoms with van der Waals surface area (Å²) in [4.78, 5) is 2.53. The number of hydrogen-bond donors (Lipinski definition) is 1. The van der Waals surface area contributed by atoms with Crippen molar-refractivity contribution in [2.45, 2.75) is 32.4 Å². The molecule has 0 unspecified atom stereocenters. The van der Waals surface area contributed by atoms with Gasteiger partial charge in [0, 0.05) is 30.8 Å². The predicted molar refractivity (Wildman–Crippen MR) is 56.7 cm³/mol. The quantitative estimate of drug-likeness (QED) is 0.777. The highest BCUT2D eigenvalue weighted by Crippen LogP contribution is 2.24. The summed E-state index contributed by atoms with van der Waals surface area (Å²) in [5.41, 5.74) is 4.04. The fourth-order valence-electron chi connectivity index (χ4n) is 2.41. The van der Waals surface area contributed by atoms with Gasteiger partial charge in [-0.25, -0.2) is 0 Å². The van der Waals surface area contributed by atoms with Gasteiger partial charge >= 0.3 is 0 Å². The van der Waals surface area contributed by atoms with Crippen molar-refractivity contribution in [2.24, 2.45) is 0 Å². The number of nitrogens with one attached hydrogen (secondary N) is 1. The van der Waals surface area contributed by atoms with E-state index in [1.165, 1.54) is 17.0 Å². The van der Waals surface area contributed by atoms with Crippen molar-refractivity contribution in [1.82, 2.24) is 15.1 Å². The van der Waals surface area contributed by atoms with Crippen molar-refractivity contribution in [3.63, 3.8) is 0 Å². The number of aromatic amines is 1. The van der Waals surface area contributed by atoms with Gasteiger partial charge in [-0.15, -0.1) is 0 Å². The Morgan fingerprint density at radius 3 is 3.07 bits per heavy atom.